The van der Waals surface area contributed by atoms with Crippen LogP contribution in [0.3, 0.4) is 0 Å². The molecular formula is C23H18O4. The van der Waals surface area contributed by atoms with Gasteiger partial charge in [0.25, 0.3) is 0 Å². The van der Waals surface area contributed by atoms with Gasteiger partial charge in [-0.3, -0.25) is 0 Å². The van der Waals surface area contributed by atoms with Crippen LogP contribution in [0.25, 0.3) is 11.1 Å². The van der Waals surface area contributed by atoms with Gasteiger partial charge in [0.1, 0.15) is 0 Å². The lowest BCUT2D eigenvalue weighted by atomic mass is 9.87. The Hall–Kier alpha value is -3.66. The number of methoxy groups -OCH3 is 1. The molecule has 0 radical (unpaired) electrons. The van der Waals surface area contributed by atoms with Crippen LogP contribution in [0.2, 0.25) is 0 Å². The van der Waals surface area contributed by atoms with E-state index in [2.05, 4.69) is 0 Å². The van der Waals surface area contributed by atoms with Crippen molar-refractivity contribution in [3.8, 4) is 0 Å². The first kappa shape index (κ1) is 18.1. The maximum atomic E-state index is 12.8. The molecule has 0 atom stereocenters. The van der Waals surface area contributed by atoms with Crippen molar-refractivity contribution in [3.63, 3.8) is 0 Å². The molecule has 3 aromatic rings. The Morgan fingerprint density at radius 1 is 0.704 bits per heavy atom. The van der Waals surface area contributed by atoms with Gasteiger partial charge in [-0.2, -0.15) is 0 Å². The third-order valence-corrected chi connectivity index (χ3v) is 4.19. The van der Waals surface area contributed by atoms with Crippen molar-refractivity contribution >= 4 is 23.1 Å². The maximum absolute atomic E-state index is 12.8. The van der Waals surface area contributed by atoms with Gasteiger partial charge in [-0.1, -0.05) is 78.9 Å². The smallest absolute Gasteiger partial charge is 0.339 e. The Balaban J connectivity index is 2.43. The van der Waals surface area contributed by atoms with Crippen LogP contribution in [0.4, 0.5) is 0 Å². The molecule has 4 heteroatoms. The van der Waals surface area contributed by atoms with Crippen molar-refractivity contribution in [2.75, 3.05) is 7.11 Å². The molecule has 0 bridgehead atoms. The molecule has 0 saturated carbocycles. The van der Waals surface area contributed by atoms with E-state index in [1.54, 1.807) is 18.2 Å². The summed E-state index contributed by atoms with van der Waals surface area (Å²) in [5, 5.41) is 9.62. The standard InChI is InChI=1S/C23H18O4/c1-27-23(26)21(18-14-8-9-15-19(18)22(24)25)20(16-10-4-2-5-11-16)17-12-6-3-7-13-17/h2-15H,1H3,(H,24,25). The van der Waals surface area contributed by atoms with Crippen LogP contribution in [-0.2, 0) is 9.53 Å². The van der Waals surface area contributed by atoms with Gasteiger partial charge in [0.05, 0.1) is 18.2 Å². The second kappa shape index (κ2) is 8.15. The zero-order chi connectivity index (χ0) is 19.2. The third kappa shape index (κ3) is 3.80. The molecule has 0 fully saturated rings. The first-order chi connectivity index (χ1) is 13.1. The number of rotatable bonds is 5. The van der Waals surface area contributed by atoms with Crippen molar-refractivity contribution in [2.45, 2.75) is 0 Å². The number of ether oxygens (including phenoxy) is 1. The van der Waals surface area contributed by atoms with E-state index < -0.39 is 11.9 Å². The SMILES string of the molecule is COC(=O)C(=C(c1ccccc1)c1ccccc1)c1ccccc1C(=O)O. The molecule has 27 heavy (non-hydrogen) atoms. The van der Waals surface area contributed by atoms with Crippen molar-refractivity contribution in [3.05, 3.63) is 107 Å². The zero-order valence-corrected chi connectivity index (χ0v) is 14.8. The predicted octanol–water partition coefficient (Wildman–Crippen LogP) is 4.52. The molecule has 0 aliphatic carbocycles. The second-order valence-corrected chi connectivity index (χ2v) is 5.82. The quantitative estimate of drug-likeness (QED) is 0.414. The average Bonchev–Trinajstić information content (AvgIpc) is 2.72. The van der Waals surface area contributed by atoms with E-state index in [4.69, 9.17) is 4.74 Å². The molecule has 1 N–H and O–H groups in total. The first-order valence-corrected chi connectivity index (χ1v) is 8.39. The van der Waals surface area contributed by atoms with Gasteiger partial charge < -0.3 is 9.84 Å². The number of esters is 1. The van der Waals surface area contributed by atoms with E-state index in [1.165, 1.54) is 13.2 Å². The van der Waals surface area contributed by atoms with Crippen LogP contribution < -0.4 is 0 Å². The van der Waals surface area contributed by atoms with E-state index >= 15 is 0 Å². The Bertz CT molecular complexity index is 948. The largest absolute Gasteiger partial charge is 0.478 e. The summed E-state index contributed by atoms with van der Waals surface area (Å²) >= 11 is 0. The summed E-state index contributed by atoms with van der Waals surface area (Å²) in [5.41, 5.74) is 2.79. The average molecular weight is 358 g/mol. The van der Waals surface area contributed by atoms with Crippen LogP contribution in [0, 0.1) is 0 Å². The van der Waals surface area contributed by atoms with Crippen LogP contribution in [0.1, 0.15) is 27.0 Å². The summed E-state index contributed by atoms with van der Waals surface area (Å²) < 4.78 is 5.04. The molecule has 0 heterocycles. The van der Waals surface area contributed by atoms with Gasteiger partial charge in [-0.05, 0) is 17.2 Å². The summed E-state index contributed by atoms with van der Waals surface area (Å²) in [6, 6.07) is 25.2. The number of hydrogen-bond acceptors (Lipinski definition) is 3. The molecule has 0 amide bonds. The van der Waals surface area contributed by atoms with Crippen LogP contribution in [0.5, 0.6) is 0 Å². The Labute approximate surface area is 157 Å². The highest BCUT2D eigenvalue weighted by atomic mass is 16.5. The number of carbonyl (C=O) groups is 2. The Morgan fingerprint density at radius 3 is 1.59 bits per heavy atom. The second-order valence-electron chi connectivity index (χ2n) is 5.82. The van der Waals surface area contributed by atoms with Gasteiger partial charge in [0.2, 0.25) is 0 Å². The molecule has 0 saturated heterocycles. The molecular weight excluding hydrogens is 340 g/mol. The van der Waals surface area contributed by atoms with Gasteiger partial charge in [-0.25, -0.2) is 9.59 Å². The highest BCUT2D eigenvalue weighted by Gasteiger charge is 2.25. The van der Waals surface area contributed by atoms with E-state index in [1.807, 2.05) is 60.7 Å². The molecule has 0 spiro atoms. The Morgan fingerprint density at radius 2 is 1.15 bits per heavy atom. The molecule has 3 rings (SSSR count). The van der Waals surface area contributed by atoms with E-state index in [-0.39, 0.29) is 11.1 Å². The van der Waals surface area contributed by atoms with Crippen molar-refractivity contribution in [2.24, 2.45) is 0 Å². The molecule has 4 nitrogen and oxygen atoms in total. The molecule has 0 unspecified atom stereocenters. The maximum Gasteiger partial charge on any atom is 0.339 e. The minimum absolute atomic E-state index is 0.0438. The summed E-state index contributed by atoms with van der Waals surface area (Å²) in [6.45, 7) is 0. The van der Waals surface area contributed by atoms with Crippen LogP contribution in [0.15, 0.2) is 84.9 Å². The van der Waals surface area contributed by atoms with Crippen molar-refractivity contribution in [1.29, 1.82) is 0 Å². The van der Waals surface area contributed by atoms with Crippen molar-refractivity contribution < 1.29 is 19.4 Å². The lowest BCUT2D eigenvalue weighted by Gasteiger charge is -2.17. The third-order valence-electron chi connectivity index (χ3n) is 4.19. The number of benzene rings is 3. The summed E-state index contributed by atoms with van der Waals surface area (Å²) in [5.74, 6) is -1.70. The van der Waals surface area contributed by atoms with Crippen LogP contribution >= 0.6 is 0 Å². The van der Waals surface area contributed by atoms with Crippen molar-refractivity contribution in [1.82, 2.24) is 0 Å². The number of carboxylic acid groups (broad SMARTS) is 1. The van der Waals surface area contributed by atoms with E-state index in [0.717, 1.165) is 11.1 Å². The number of aromatic carboxylic acids is 1. The van der Waals surface area contributed by atoms with Crippen LogP contribution in [-0.4, -0.2) is 24.2 Å². The van der Waals surface area contributed by atoms with Gasteiger partial charge >= 0.3 is 11.9 Å². The van der Waals surface area contributed by atoms with Gasteiger partial charge in [0.15, 0.2) is 0 Å². The highest BCUT2D eigenvalue weighted by Crippen LogP contribution is 2.34. The number of hydrogen-bond donors (Lipinski definition) is 1. The first-order valence-electron chi connectivity index (χ1n) is 8.39. The highest BCUT2D eigenvalue weighted by molar-refractivity contribution is 6.28. The zero-order valence-electron chi connectivity index (χ0n) is 14.8. The summed E-state index contributed by atoms with van der Waals surface area (Å²) in [7, 11) is 1.29. The number of carbonyl (C=O) groups excluding carboxylic acids is 1. The lowest BCUT2D eigenvalue weighted by Crippen LogP contribution is -2.12. The molecule has 0 aliphatic heterocycles. The fourth-order valence-corrected chi connectivity index (χ4v) is 3.00. The van der Waals surface area contributed by atoms with Gasteiger partial charge in [-0.15, -0.1) is 0 Å². The summed E-state index contributed by atoms with van der Waals surface area (Å²) in [6.07, 6.45) is 0. The van der Waals surface area contributed by atoms with E-state index in [9.17, 15) is 14.7 Å². The number of carboxylic acids is 1. The molecule has 3 aromatic carbocycles. The normalized spacial score (nSPS) is 10.1. The predicted molar refractivity (Wildman–Crippen MR) is 104 cm³/mol. The summed E-state index contributed by atoms with van der Waals surface area (Å²) in [4.78, 5) is 24.6. The lowest BCUT2D eigenvalue weighted by molar-refractivity contribution is -0.133. The van der Waals surface area contributed by atoms with E-state index in [0.29, 0.717) is 11.1 Å². The minimum atomic E-state index is -1.10. The molecule has 0 aromatic heterocycles. The minimum Gasteiger partial charge on any atom is -0.478 e. The monoisotopic (exact) mass is 358 g/mol. The Kier molecular flexibility index (Phi) is 5.47. The molecule has 134 valence electrons. The fraction of sp³-hybridized carbons (Fsp3) is 0.0435. The molecule has 0 aliphatic rings. The topological polar surface area (TPSA) is 63.6 Å². The van der Waals surface area contributed by atoms with Gasteiger partial charge in [0, 0.05) is 11.1 Å². The fourth-order valence-electron chi connectivity index (χ4n) is 3.00.